The van der Waals surface area contributed by atoms with Gasteiger partial charge >= 0.3 is 0 Å². The maximum Gasteiger partial charge on any atom is 0.276 e. The first-order valence-corrected chi connectivity index (χ1v) is 9.02. The summed E-state index contributed by atoms with van der Waals surface area (Å²) in [5, 5.41) is 12.4. The summed E-state index contributed by atoms with van der Waals surface area (Å²) in [6.07, 6.45) is 2.01. The number of amides is 1. The number of hydrogen-bond acceptors (Lipinski definition) is 4. The lowest BCUT2D eigenvalue weighted by Gasteiger charge is -2.25. The number of carbonyl (C=O) groups is 1. The van der Waals surface area contributed by atoms with E-state index in [9.17, 15) is 4.79 Å². The average Bonchev–Trinajstić information content (AvgIpc) is 3.02. The fourth-order valence-electron chi connectivity index (χ4n) is 3.27. The van der Waals surface area contributed by atoms with Crippen LogP contribution < -0.4 is 5.32 Å². The first-order valence-electron chi connectivity index (χ1n) is 8.64. The maximum atomic E-state index is 12.9. The molecule has 25 heavy (non-hydrogen) atoms. The van der Waals surface area contributed by atoms with Gasteiger partial charge < -0.3 is 10.2 Å². The van der Waals surface area contributed by atoms with E-state index < -0.39 is 0 Å². The van der Waals surface area contributed by atoms with Crippen LogP contribution in [0.4, 0.5) is 0 Å². The van der Waals surface area contributed by atoms with Crippen LogP contribution in [0.3, 0.4) is 0 Å². The number of halogens is 1. The third-order valence-corrected chi connectivity index (χ3v) is 5.25. The molecule has 134 valence electrons. The van der Waals surface area contributed by atoms with Crippen molar-refractivity contribution in [2.75, 3.05) is 20.1 Å². The van der Waals surface area contributed by atoms with Gasteiger partial charge in [-0.25, -0.2) is 4.68 Å². The molecule has 2 heterocycles. The van der Waals surface area contributed by atoms with Crippen LogP contribution in [0.15, 0.2) is 24.3 Å². The summed E-state index contributed by atoms with van der Waals surface area (Å²) in [7, 11) is 1.79. The van der Waals surface area contributed by atoms with Crippen LogP contribution in [0.2, 0.25) is 5.02 Å². The average molecular weight is 362 g/mol. The molecule has 0 bridgehead atoms. The standard InChI is InChI=1S/C18H24ClN5O/c1-12(14-5-4-6-15(19)11-14)23(3)18(25)17-13(2)24(22-21-17)16-7-9-20-10-8-16/h4-6,11-12,16,20H,7-10H2,1-3H3. The fourth-order valence-corrected chi connectivity index (χ4v) is 3.47. The molecule has 1 atom stereocenters. The molecule has 1 aliphatic rings. The monoisotopic (exact) mass is 361 g/mol. The van der Waals surface area contributed by atoms with Gasteiger partial charge in [0.05, 0.1) is 17.8 Å². The largest absolute Gasteiger partial charge is 0.333 e. The highest BCUT2D eigenvalue weighted by Crippen LogP contribution is 2.25. The molecule has 1 unspecified atom stereocenters. The van der Waals surface area contributed by atoms with Gasteiger partial charge in [-0.3, -0.25) is 4.79 Å². The number of piperidine rings is 1. The molecular weight excluding hydrogens is 338 g/mol. The zero-order valence-corrected chi connectivity index (χ0v) is 15.6. The van der Waals surface area contributed by atoms with Gasteiger partial charge in [0, 0.05) is 12.1 Å². The van der Waals surface area contributed by atoms with Gasteiger partial charge in [-0.15, -0.1) is 5.10 Å². The minimum absolute atomic E-state index is 0.102. The van der Waals surface area contributed by atoms with Crippen LogP contribution in [-0.2, 0) is 0 Å². The highest BCUT2D eigenvalue weighted by atomic mass is 35.5. The van der Waals surface area contributed by atoms with Gasteiger partial charge in [0.2, 0.25) is 0 Å². The molecule has 0 saturated carbocycles. The Labute approximate surface area is 153 Å². The predicted octanol–water partition coefficient (Wildman–Crippen LogP) is 3.00. The SMILES string of the molecule is Cc1c(C(=O)N(C)C(C)c2cccc(Cl)c2)nnn1C1CCNCC1. The first kappa shape index (κ1) is 17.9. The summed E-state index contributed by atoms with van der Waals surface area (Å²) in [5.74, 6) is -0.120. The number of nitrogens with zero attached hydrogens (tertiary/aromatic N) is 4. The van der Waals surface area contributed by atoms with Crippen molar-refractivity contribution in [1.82, 2.24) is 25.2 Å². The molecule has 1 N–H and O–H groups in total. The van der Waals surface area contributed by atoms with E-state index in [2.05, 4.69) is 15.6 Å². The van der Waals surface area contributed by atoms with Crippen molar-refractivity contribution in [3.8, 4) is 0 Å². The molecule has 1 amide bonds. The van der Waals surface area contributed by atoms with Crippen LogP contribution in [-0.4, -0.2) is 45.9 Å². The summed E-state index contributed by atoms with van der Waals surface area (Å²) in [4.78, 5) is 14.6. The highest BCUT2D eigenvalue weighted by molar-refractivity contribution is 6.30. The van der Waals surface area contributed by atoms with Crippen molar-refractivity contribution >= 4 is 17.5 Å². The number of nitrogens with one attached hydrogen (secondary N) is 1. The van der Waals surface area contributed by atoms with Gasteiger partial charge in [-0.1, -0.05) is 28.9 Å². The quantitative estimate of drug-likeness (QED) is 0.909. The van der Waals surface area contributed by atoms with Crippen LogP contribution >= 0.6 is 11.6 Å². The number of aromatic nitrogens is 3. The van der Waals surface area contributed by atoms with E-state index in [1.54, 1.807) is 11.9 Å². The molecule has 0 spiro atoms. The number of benzene rings is 1. The lowest BCUT2D eigenvalue weighted by molar-refractivity contribution is 0.0735. The zero-order valence-electron chi connectivity index (χ0n) is 14.9. The van der Waals surface area contributed by atoms with Crippen LogP contribution in [0.1, 0.15) is 53.6 Å². The van der Waals surface area contributed by atoms with Crippen molar-refractivity contribution < 1.29 is 4.79 Å². The summed E-state index contributed by atoms with van der Waals surface area (Å²) in [5.41, 5.74) is 2.25. The zero-order chi connectivity index (χ0) is 18.0. The first-order chi connectivity index (χ1) is 12.0. The molecule has 1 aromatic heterocycles. The number of rotatable bonds is 4. The van der Waals surface area contributed by atoms with Crippen molar-refractivity contribution in [3.63, 3.8) is 0 Å². The normalized spacial score (nSPS) is 16.6. The second-order valence-corrected chi connectivity index (χ2v) is 7.03. The Hall–Kier alpha value is -1.92. The molecule has 0 aliphatic carbocycles. The molecule has 2 aromatic rings. The maximum absolute atomic E-state index is 12.9. The topological polar surface area (TPSA) is 63.1 Å². The van der Waals surface area contributed by atoms with Gasteiger partial charge in [0.1, 0.15) is 0 Å². The minimum atomic E-state index is -0.120. The molecule has 1 aromatic carbocycles. The Morgan fingerprint density at radius 2 is 2.12 bits per heavy atom. The molecular formula is C18H24ClN5O. The molecule has 7 heteroatoms. The smallest absolute Gasteiger partial charge is 0.276 e. The second-order valence-electron chi connectivity index (χ2n) is 6.60. The van der Waals surface area contributed by atoms with Crippen LogP contribution in [0.25, 0.3) is 0 Å². The second kappa shape index (κ2) is 7.54. The van der Waals surface area contributed by atoms with Crippen molar-refractivity contribution in [3.05, 3.63) is 46.2 Å². The third-order valence-electron chi connectivity index (χ3n) is 5.02. The highest BCUT2D eigenvalue weighted by Gasteiger charge is 2.27. The number of hydrogen-bond donors (Lipinski definition) is 1. The predicted molar refractivity (Wildman–Crippen MR) is 97.9 cm³/mol. The van der Waals surface area contributed by atoms with E-state index in [0.29, 0.717) is 16.8 Å². The van der Waals surface area contributed by atoms with E-state index in [4.69, 9.17) is 11.6 Å². The Bertz CT molecular complexity index is 754. The van der Waals surface area contributed by atoms with E-state index in [0.717, 1.165) is 37.2 Å². The minimum Gasteiger partial charge on any atom is -0.333 e. The molecule has 3 rings (SSSR count). The molecule has 1 saturated heterocycles. The van der Waals surface area contributed by atoms with Gasteiger partial charge in [-0.2, -0.15) is 0 Å². The van der Waals surface area contributed by atoms with Gasteiger partial charge in [0.25, 0.3) is 5.91 Å². The van der Waals surface area contributed by atoms with E-state index in [1.807, 2.05) is 42.8 Å². The Balaban J connectivity index is 1.79. The van der Waals surface area contributed by atoms with Crippen LogP contribution in [0, 0.1) is 6.92 Å². The van der Waals surface area contributed by atoms with Crippen LogP contribution in [0.5, 0.6) is 0 Å². The molecule has 0 radical (unpaired) electrons. The summed E-state index contributed by atoms with van der Waals surface area (Å²) < 4.78 is 1.91. The summed E-state index contributed by atoms with van der Waals surface area (Å²) in [6.45, 7) is 5.85. The Morgan fingerprint density at radius 3 is 2.80 bits per heavy atom. The molecule has 6 nitrogen and oxygen atoms in total. The van der Waals surface area contributed by atoms with Gasteiger partial charge in [-0.05, 0) is 57.5 Å². The van der Waals surface area contributed by atoms with E-state index in [-0.39, 0.29) is 11.9 Å². The Kier molecular flexibility index (Phi) is 5.39. The fraction of sp³-hybridized carbons (Fsp3) is 0.500. The van der Waals surface area contributed by atoms with Crippen molar-refractivity contribution in [2.45, 2.75) is 38.8 Å². The molecule has 1 fully saturated rings. The summed E-state index contributed by atoms with van der Waals surface area (Å²) >= 11 is 6.07. The molecule has 1 aliphatic heterocycles. The third kappa shape index (κ3) is 3.70. The Morgan fingerprint density at radius 1 is 1.40 bits per heavy atom. The van der Waals surface area contributed by atoms with E-state index in [1.165, 1.54) is 0 Å². The van der Waals surface area contributed by atoms with Gasteiger partial charge in [0.15, 0.2) is 5.69 Å². The lowest BCUT2D eigenvalue weighted by atomic mass is 10.1. The summed E-state index contributed by atoms with van der Waals surface area (Å²) in [6, 6.07) is 7.79. The lowest BCUT2D eigenvalue weighted by Crippen LogP contribution is -2.31. The van der Waals surface area contributed by atoms with E-state index >= 15 is 0 Å². The number of carbonyl (C=O) groups excluding carboxylic acids is 1. The van der Waals surface area contributed by atoms with Crippen molar-refractivity contribution in [2.24, 2.45) is 0 Å². The van der Waals surface area contributed by atoms with Crippen molar-refractivity contribution in [1.29, 1.82) is 0 Å².